The van der Waals surface area contributed by atoms with Crippen molar-refractivity contribution in [2.24, 2.45) is 0 Å². The van der Waals surface area contributed by atoms with Crippen molar-refractivity contribution in [1.29, 1.82) is 0 Å². The second-order valence-corrected chi connectivity index (χ2v) is 5.33. The minimum Gasteiger partial charge on any atom is -0.317 e. The molecule has 1 atom stereocenters. The van der Waals surface area contributed by atoms with Gasteiger partial charge in [-0.2, -0.15) is 0 Å². The molecule has 14 heavy (non-hydrogen) atoms. The average Bonchev–Trinajstić information content (AvgIpc) is 2.59. The molecule has 0 fully saturated rings. The zero-order valence-corrected chi connectivity index (χ0v) is 11.2. The molecule has 1 rings (SSSR count). The molecule has 1 unspecified atom stereocenters. The van der Waals surface area contributed by atoms with Gasteiger partial charge in [-0.1, -0.05) is 6.92 Å². The molecule has 1 aromatic rings. The van der Waals surface area contributed by atoms with Crippen LogP contribution in [0.3, 0.4) is 0 Å². The van der Waals surface area contributed by atoms with Crippen LogP contribution in [0.15, 0.2) is 15.9 Å². The summed E-state index contributed by atoms with van der Waals surface area (Å²) in [7, 11) is 2.05. The SMILES string of the molecule is CCC(CCCc1sccc1Br)NC. The van der Waals surface area contributed by atoms with Crippen LogP contribution in [0.2, 0.25) is 0 Å². The topological polar surface area (TPSA) is 12.0 Å². The fourth-order valence-electron chi connectivity index (χ4n) is 1.57. The van der Waals surface area contributed by atoms with Crippen molar-refractivity contribution >= 4 is 27.3 Å². The summed E-state index contributed by atoms with van der Waals surface area (Å²) < 4.78 is 1.28. The molecule has 0 aromatic carbocycles. The fourth-order valence-corrected chi connectivity index (χ4v) is 3.16. The van der Waals surface area contributed by atoms with Gasteiger partial charge in [0.1, 0.15) is 0 Å². The average molecular weight is 276 g/mol. The number of halogens is 1. The van der Waals surface area contributed by atoms with Crippen molar-refractivity contribution in [2.75, 3.05) is 7.05 Å². The Bertz CT molecular complexity index is 256. The number of aryl methyl sites for hydroxylation is 1. The maximum atomic E-state index is 3.56. The minimum atomic E-state index is 0.689. The van der Waals surface area contributed by atoms with Crippen molar-refractivity contribution in [3.63, 3.8) is 0 Å². The van der Waals surface area contributed by atoms with Gasteiger partial charge in [0, 0.05) is 15.4 Å². The first-order valence-electron chi connectivity index (χ1n) is 5.17. The van der Waals surface area contributed by atoms with Crippen LogP contribution in [0.5, 0.6) is 0 Å². The van der Waals surface area contributed by atoms with Gasteiger partial charge in [0.2, 0.25) is 0 Å². The lowest BCUT2D eigenvalue weighted by atomic mass is 10.1. The van der Waals surface area contributed by atoms with Crippen LogP contribution in [-0.4, -0.2) is 13.1 Å². The van der Waals surface area contributed by atoms with Gasteiger partial charge in [-0.05, 0) is 60.1 Å². The van der Waals surface area contributed by atoms with Gasteiger partial charge in [0.15, 0.2) is 0 Å². The third kappa shape index (κ3) is 3.71. The molecule has 0 spiro atoms. The predicted octanol–water partition coefficient (Wildman–Crippen LogP) is 3.83. The molecule has 0 aliphatic heterocycles. The van der Waals surface area contributed by atoms with Crippen molar-refractivity contribution in [3.05, 3.63) is 20.8 Å². The molecular formula is C11H18BrNS. The van der Waals surface area contributed by atoms with Crippen molar-refractivity contribution in [1.82, 2.24) is 5.32 Å². The molecule has 0 amide bonds. The zero-order valence-electron chi connectivity index (χ0n) is 8.85. The fraction of sp³-hybridized carbons (Fsp3) is 0.636. The van der Waals surface area contributed by atoms with Gasteiger partial charge in [-0.3, -0.25) is 0 Å². The second kappa shape index (κ2) is 6.59. The molecule has 0 radical (unpaired) electrons. The summed E-state index contributed by atoms with van der Waals surface area (Å²) in [5.74, 6) is 0. The highest BCUT2D eigenvalue weighted by atomic mass is 79.9. The highest BCUT2D eigenvalue weighted by molar-refractivity contribution is 9.10. The van der Waals surface area contributed by atoms with Gasteiger partial charge in [-0.15, -0.1) is 11.3 Å². The van der Waals surface area contributed by atoms with E-state index in [1.54, 1.807) is 0 Å². The molecule has 0 saturated carbocycles. The summed E-state index contributed by atoms with van der Waals surface area (Å²) in [6.07, 6.45) is 4.98. The summed E-state index contributed by atoms with van der Waals surface area (Å²) in [4.78, 5) is 1.48. The van der Waals surface area contributed by atoms with Crippen LogP contribution in [0.25, 0.3) is 0 Å². The first-order valence-corrected chi connectivity index (χ1v) is 6.84. The van der Waals surface area contributed by atoms with E-state index in [0.717, 1.165) is 0 Å². The Labute approximate surface area is 99.0 Å². The van der Waals surface area contributed by atoms with E-state index in [1.807, 2.05) is 11.3 Å². The van der Waals surface area contributed by atoms with Crippen LogP contribution in [0.1, 0.15) is 31.1 Å². The number of nitrogens with one attached hydrogen (secondary N) is 1. The van der Waals surface area contributed by atoms with Crippen LogP contribution < -0.4 is 5.32 Å². The van der Waals surface area contributed by atoms with E-state index in [9.17, 15) is 0 Å². The van der Waals surface area contributed by atoms with E-state index in [0.29, 0.717) is 6.04 Å². The summed E-state index contributed by atoms with van der Waals surface area (Å²) in [5, 5.41) is 5.49. The van der Waals surface area contributed by atoms with Crippen molar-refractivity contribution in [2.45, 2.75) is 38.6 Å². The molecule has 0 saturated heterocycles. The smallest absolute Gasteiger partial charge is 0.0314 e. The van der Waals surface area contributed by atoms with E-state index in [1.165, 1.54) is 35.0 Å². The van der Waals surface area contributed by atoms with E-state index in [4.69, 9.17) is 0 Å². The van der Waals surface area contributed by atoms with Gasteiger partial charge in [0.05, 0.1) is 0 Å². The van der Waals surface area contributed by atoms with Gasteiger partial charge in [0.25, 0.3) is 0 Å². The van der Waals surface area contributed by atoms with E-state index < -0.39 is 0 Å². The molecule has 1 nitrogen and oxygen atoms in total. The molecular weight excluding hydrogens is 258 g/mol. The maximum Gasteiger partial charge on any atom is 0.0314 e. The Hall–Kier alpha value is 0.140. The normalized spacial score (nSPS) is 13.1. The second-order valence-electron chi connectivity index (χ2n) is 3.48. The first kappa shape index (κ1) is 12.2. The molecule has 0 aliphatic carbocycles. The van der Waals surface area contributed by atoms with Crippen molar-refractivity contribution in [3.8, 4) is 0 Å². The number of hydrogen-bond acceptors (Lipinski definition) is 2. The number of thiophene rings is 1. The lowest BCUT2D eigenvalue weighted by molar-refractivity contribution is 0.492. The molecule has 80 valence electrons. The Morgan fingerprint density at radius 3 is 2.86 bits per heavy atom. The maximum absolute atomic E-state index is 3.56. The van der Waals surface area contributed by atoms with Crippen LogP contribution in [0.4, 0.5) is 0 Å². The van der Waals surface area contributed by atoms with Crippen molar-refractivity contribution < 1.29 is 0 Å². The Morgan fingerprint density at radius 2 is 2.36 bits per heavy atom. The number of hydrogen-bond donors (Lipinski definition) is 1. The monoisotopic (exact) mass is 275 g/mol. The quantitative estimate of drug-likeness (QED) is 0.832. The van der Waals surface area contributed by atoms with E-state index in [-0.39, 0.29) is 0 Å². The molecule has 0 bridgehead atoms. The molecule has 1 N–H and O–H groups in total. The molecule has 1 aromatic heterocycles. The highest BCUT2D eigenvalue weighted by Gasteiger charge is 2.04. The first-order chi connectivity index (χ1) is 6.77. The molecule has 3 heteroatoms. The Morgan fingerprint density at radius 1 is 1.57 bits per heavy atom. The van der Waals surface area contributed by atoms with E-state index in [2.05, 4.69) is 46.7 Å². The third-order valence-corrected chi connectivity index (χ3v) is 4.53. The molecule has 1 heterocycles. The van der Waals surface area contributed by atoms with Gasteiger partial charge < -0.3 is 5.32 Å². The summed E-state index contributed by atoms with van der Waals surface area (Å²) >= 11 is 5.41. The summed E-state index contributed by atoms with van der Waals surface area (Å²) in [6.45, 7) is 2.24. The number of rotatable bonds is 6. The van der Waals surface area contributed by atoms with Gasteiger partial charge >= 0.3 is 0 Å². The van der Waals surface area contributed by atoms with Gasteiger partial charge in [-0.25, -0.2) is 0 Å². The lowest BCUT2D eigenvalue weighted by Crippen LogP contribution is -2.23. The van der Waals surface area contributed by atoms with E-state index >= 15 is 0 Å². The minimum absolute atomic E-state index is 0.689. The summed E-state index contributed by atoms with van der Waals surface area (Å²) in [6, 6.07) is 2.82. The Balaban J connectivity index is 2.24. The predicted molar refractivity (Wildman–Crippen MR) is 68.1 cm³/mol. The van der Waals surface area contributed by atoms with Crippen LogP contribution in [-0.2, 0) is 6.42 Å². The highest BCUT2D eigenvalue weighted by Crippen LogP contribution is 2.24. The van der Waals surface area contributed by atoms with Crippen LogP contribution in [0, 0.1) is 0 Å². The zero-order chi connectivity index (χ0) is 10.4. The standard InChI is InChI=1S/C11H18BrNS/c1-3-9(13-2)5-4-6-11-10(12)7-8-14-11/h7-9,13H,3-6H2,1-2H3. The lowest BCUT2D eigenvalue weighted by Gasteiger charge is -2.12. The Kier molecular flexibility index (Phi) is 5.75. The van der Waals surface area contributed by atoms with Crippen LogP contribution >= 0.6 is 27.3 Å². The summed E-state index contributed by atoms with van der Waals surface area (Å²) in [5.41, 5.74) is 0. The largest absolute Gasteiger partial charge is 0.317 e. The molecule has 0 aliphatic rings. The third-order valence-electron chi connectivity index (χ3n) is 2.55.